The lowest BCUT2D eigenvalue weighted by molar-refractivity contribution is 0.0991. The predicted molar refractivity (Wildman–Crippen MR) is 56.8 cm³/mol. The summed E-state index contributed by atoms with van der Waals surface area (Å²) in [5.41, 5.74) is 0. The maximum absolute atomic E-state index is 12.0. The van der Waals surface area contributed by atoms with E-state index in [0.29, 0.717) is 12.1 Å². The molecule has 0 aromatic rings. The van der Waals surface area contributed by atoms with E-state index in [2.05, 4.69) is 15.6 Å². The van der Waals surface area contributed by atoms with Crippen LogP contribution in [0, 0.1) is 0 Å². The maximum atomic E-state index is 12.0. The number of nitrogens with one attached hydrogen (secondary N) is 2. The van der Waals surface area contributed by atoms with Crippen LogP contribution in [0.25, 0.3) is 0 Å². The van der Waals surface area contributed by atoms with Gasteiger partial charge in [-0.25, -0.2) is 8.78 Å². The SMILES string of the molecule is CN=C(NCC(F)F)NC1CC2CCC1O2. The average Bonchev–Trinajstić information content (AvgIpc) is 2.85. The quantitative estimate of drug-likeness (QED) is 0.558. The topological polar surface area (TPSA) is 45.7 Å². The molecule has 2 fully saturated rings. The molecule has 0 aliphatic carbocycles. The molecule has 2 rings (SSSR count). The number of hydrogen-bond donors (Lipinski definition) is 2. The molecule has 2 bridgehead atoms. The molecule has 3 atom stereocenters. The lowest BCUT2D eigenvalue weighted by atomic mass is 9.96. The second kappa shape index (κ2) is 4.95. The smallest absolute Gasteiger partial charge is 0.255 e. The van der Waals surface area contributed by atoms with Crippen molar-refractivity contribution < 1.29 is 13.5 Å². The molecule has 2 saturated heterocycles. The first-order valence-electron chi connectivity index (χ1n) is 5.60. The monoisotopic (exact) mass is 233 g/mol. The van der Waals surface area contributed by atoms with Gasteiger partial charge in [-0.1, -0.05) is 0 Å². The molecule has 3 unspecified atom stereocenters. The summed E-state index contributed by atoms with van der Waals surface area (Å²) in [6.45, 7) is -0.374. The Hall–Kier alpha value is -0.910. The molecule has 6 heteroatoms. The highest BCUT2D eigenvalue weighted by Gasteiger charge is 2.41. The Morgan fingerprint density at radius 3 is 2.81 bits per heavy atom. The van der Waals surface area contributed by atoms with E-state index in [1.165, 1.54) is 0 Å². The number of nitrogens with zero attached hydrogens (tertiary/aromatic N) is 1. The third kappa shape index (κ3) is 2.61. The van der Waals surface area contributed by atoms with Gasteiger partial charge in [-0.3, -0.25) is 4.99 Å². The van der Waals surface area contributed by atoms with Crippen molar-refractivity contribution in [3.8, 4) is 0 Å². The molecule has 0 aromatic heterocycles. The third-order valence-corrected chi connectivity index (χ3v) is 3.08. The average molecular weight is 233 g/mol. The van der Waals surface area contributed by atoms with Gasteiger partial charge in [-0.2, -0.15) is 0 Å². The first-order valence-corrected chi connectivity index (χ1v) is 5.60. The molecule has 16 heavy (non-hydrogen) atoms. The summed E-state index contributed by atoms with van der Waals surface area (Å²) >= 11 is 0. The van der Waals surface area contributed by atoms with E-state index in [9.17, 15) is 8.78 Å². The Morgan fingerprint density at radius 1 is 1.50 bits per heavy atom. The van der Waals surface area contributed by atoms with E-state index < -0.39 is 6.43 Å². The fourth-order valence-corrected chi connectivity index (χ4v) is 2.33. The highest BCUT2D eigenvalue weighted by atomic mass is 19.3. The van der Waals surface area contributed by atoms with Crippen LogP contribution in [0.2, 0.25) is 0 Å². The third-order valence-electron chi connectivity index (χ3n) is 3.08. The van der Waals surface area contributed by atoms with Gasteiger partial charge in [0.2, 0.25) is 0 Å². The van der Waals surface area contributed by atoms with Gasteiger partial charge in [0.1, 0.15) is 0 Å². The first-order chi connectivity index (χ1) is 7.69. The van der Waals surface area contributed by atoms with Crippen LogP contribution in [0.15, 0.2) is 4.99 Å². The van der Waals surface area contributed by atoms with Crippen LogP contribution in [0.4, 0.5) is 8.78 Å². The minimum absolute atomic E-state index is 0.211. The number of halogens is 2. The fraction of sp³-hybridized carbons (Fsp3) is 0.900. The summed E-state index contributed by atoms with van der Waals surface area (Å²) in [5, 5.41) is 5.72. The van der Waals surface area contributed by atoms with Crippen LogP contribution in [0.3, 0.4) is 0 Å². The largest absolute Gasteiger partial charge is 0.373 e. The maximum Gasteiger partial charge on any atom is 0.255 e. The number of aliphatic imine (C=N–C) groups is 1. The molecule has 2 heterocycles. The van der Waals surface area contributed by atoms with Gasteiger partial charge in [0.25, 0.3) is 6.43 Å². The minimum Gasteiger partial charge on any atom is -0.373 e. The van der Waals surface area contributed by atoms with Crippen LogP contribution in [0.1, 0.15) is 19.3 Å². The molecule has 0 radical (unpaired) electrons. The zero-order valence-corrected chi connectivity index (χ0v) is 9.25. The highest BCUT2D eigenvalue weighted by molar-refractivity contribution is 5.80. The van der Waals surface area contributed by atoms with Crippen molar-refractivity contribution in [2.24, 2.45) is 4.99 Å². The van der Waals surface area contributed by atoms with Gasteiger partial charge in [0.15, 0.2) is 5.96 Å². The molecule has 0 saturated carbocycles. The molecular weight excluding hydrogens is 216 g/mol. The van der Waals surface area contributed by atoms with Crippen molar-refractivity contribution in [3.63, 3.8) is 0 Å². The second-order valence-corrected chi connectivity index (χ2v) is 4.20. The van der Waals surface area contributed by atoms with Crippen molar-refractivity contribution in [2.75, 3.05) is 13.6 Å². The van der Waals surface area contributed by atoms with E-state index in [-0.39, 0.29) is 18.7 Å². The first kappa shape index (κ1) is 11.6. The normalized spacial score (nSPS) is 33.5. The molecule has 0 aromatic carbocycles. The minimum atomic E-state index is -2.37. The van der Waals surface area contributed by atoms with Crippen molar-refractivity contribution in [3.05, 3.63) is 0 Å². The summed E-state index contributed by atoms with van der Waals surface area (Å²) in [4.78, 5) is 3.91. The van der Waals surface area contributed by atoms with Crippen molar-refractivity contribution in [1.29, 1.82) is 0 Å². The van der Waals surface area contributed by atoms with Crippen LogP contribution < -0.4 is 10.6 Å². The lowest BCUT2D eigenvalue weighted by Crippen LogP contribution is -2.48. The van der Waals surface area contributed by atoms with Crippen molar-refractivity contribution in [1.82, 2.24) is 10.6 Å². The number of ether oxygens (including phenoxy) is 1. The number of guanidine groups is 1. The van der Waals surface area contributed by atoms with Crippen LogP contribution >= 0.6 is 0 Å². The number of fused-ring (bicyclic) bond motifs is 2. The zero-order valence-electron chi connectivity index (χ0n) is 9.25. The number of alkyl halides is 2. The van der Waals surface area contributed by atoms with E-state index in [1.807, 2.05) is 0 Å². The van der Waals surface area contributed by atoms with Crippen LogP contribution in [-0.2, 0) is 4.74 Å². The van der Waals surface area contributed by atoms with Gasteiger partial charge in [-0.05, 0) is 19.3 Å². The molecule has 4 nitrogen and oxygen atoms in total. The second-order valence-electron chi connectivity index (χ2n) is 4.20. The van der Waals surface area contributed by atoms with Gasteiger partial charge < -0.3 is 15.4 Å². The summed E-state index contributed by atoms with van der Waals surface area (Å²) in [6.07, 6.45) is 1.31. The van der Waals surface area contributed by atoms with Crippen molar-refractivity contribution in [2.45, 2.75) is 43.9 Å². The highest BCUT2D eigenvalue weighted by Crippen LogP contribution is 2.34. The molecule has 0 spiro atoms. The van der Waals surface area contributed by atoms with E-state index >= 15 is 0 Å². The number of rotatable bonds is 3. The fourth-order valence-electron chi connectivity index (χ4n) is 2.33. The Bertz CT molecular complexity index is 273. The molecule has 2 N–H and O–H groups in total. The Morgan fingerprint density at radius 2 is 2.31 bits per heavy atom. The van der Waals surface area contributed by atoms with E-state index in [1.54, 1.807) is 7.05 Å². The molecule has 92 valence electrons. The summed E-state index contributed by atoms with van der Waals surface area (Å²) in [7, 11) is 1.58. The molecular formula is C10H17F2N3O. The van der Waals surface area contributed by atoms with Gasteiger partial charge in [0, 0.05) is 7.05 Å². The van der Waals surface area contributed by atoms with Crippen LogP contribution in [0.5, 0.6) is 0 Å². The van der Waals surface area contributed by atoms with Crippen LogP contribution in [-0.4, -0.2) is 44.2 Å². The predicted octanol–water partition coefficient (Wildman–Crippen LogP) is 0.736. The summed E-state index contributed by atoms with van der Waals surface area (Å²) in [5.74, 6) is 0.432. The zero-order chi connectivity index (χ0) is 11.5. The Labute approximate surface area is 93.5 Å². The van der Waals surface area contributed by atoms with E-state index in [0.717, 1.165) is 19.3 Å². The van der Waals surface area contributed by atoms with Gasteiger partial charge in [0.05, 0.1) is 24.8 Å². The molecule has 0 amide bonds. The lowest BCUT2D eigenvalue weighted by Gasteiger charge is -2.22. The number of hydrogen-bond acceptors (Lipinski definition) is 2. The van der Waals surface area contributed by atoms with E-state index in [4.69, 9.17) is 4.74 Å². The van der Waals surface area contributed by atoms with Gasteiger partial charge >= 0.3 is 0 Å². The Kier molecular flexibility index (Phi) is 3.58. The molecule has 2 aliphatic rings. The molecule has 2 aliphatic heterocycles. The Balaban J connectivity index is 1.79. The summed E-state index contributed by atoms with van der Waals surface area (Å²) < 4.78 is 29.7. The van der Waals surface area contributed by atoms with Gasteiger partial charge in [-0.15, -0.1) is 0 Å². The standard InChI is InChI=1S/C10H17F2N3O/c1-13-10(14-5-9(11)12)15-7-4-6-2-3-8(7)16-6/h6-9H,2-5H2,1H3,(H2,13,14,15). The van der Waals surface area contributed by atoms with Crippen molar-refractivity contribution >= 4 is 5.96 Å². The summed E-state index contributed by atoms with van der Waals surface area (Å²) in [6, 6.07) is 0.211.